The number of aromatic nitrogens is 2. The van der Waals surface area contributed by atoms with E-state index in [1.165, 1.54) is 6.20 Å². The molecule has 0 spiro atoms. The van der Waals surface area contributed by atoms with E-state index in [9.17, 15) is 13.6 Å². The smallest absolute Gasteiger partial charge is 0.292 e. The molecule has 1 unspecified atom stereocenters. The van der Waals surface area contributed by atoms with Gasteiger partial charge in [0.1, 0.15) is 16.5 Å². The van der Waals surface area contributed by atoms with Gasteiger partial charge in [-0.3, -0.25) is 4.79 Å². The van der Waals surface area contributed by atoms with E-state index in [0.717, 1.165) is 16.8 Å². The van der Waals surface area contributed by atoms with Crippen LogP contribution in [0.25, 0.3) is 5.69 Å². The van der Waals surface area contributed by atoms with Crippen LogP contribution in [0, 0.1) is 17.6 Å². The second-order valence-corrected chi connectivity index (χ2v) is 5.74. The number of halogens is 3. The Morgan fingerprint density at radius 2 is 1.95 bits per heavy atom. The molecule has 1 aromatic heterocycles. The molecule has 0 amide bonds. The SMILES string of the molecule is CC(C)C(C)Nc1cnn(-c2ccc(F)cc2F)c(=O)c1Cl. The molecule has 0 aliphatic heterocycles. The lowest BCUT2D eigenvalue weighted by molar-refractivity contribution is 0.558. The van der Waals surface area contributed by atoms with Crippen molar-refractivity contribution >= 4 is 17.3 Å². The summed E-state index contributed by atoms with van der Waals surface area (Å²) in [7, 11) is 0. The summed E-state index contributed by atoms with van der Waals surface area (Å²) in [5, 5.41) is 6.91. The second-order valence-electron chi connectivity index (χ2n) is 5.36. The maximum absolute atomic E-state index is 13.8. The molecule has 118 valence electrons. The Bertz CT molecular complexity index is 746. The van der Waals surface area contributed by atoms with E-state index in [0.29, 0.717) is 17.7 Å². The van der Waals surface area contributed by atoms with Crippen molar-refractivity contribution in [2.45, 2.75) is 26.8 Å². The summed E-state index contributed by atoms with van der Waals surface area (Å²) >= 11 is 6.05. The monoisotopic (exact) mass is 327 g/mol. The molecular formula is C15H16ClF2N3O. The first-order valence-corrected chi connectivity index (χ1v) is 7.19. The molecule has 2 aromatic rings. The summed E-state index contributed by atoms with van der Waals surface area (Å²) < 4.78 is 27.5. The highest BCUT2D eigenvalue weighted by Gasteiger charge is 2.16. The van der Waals surface area contributed by atoms with Gasteiger partial charge in [-0.1, -0.05) is 25.4 Å². The summed E-state index contributed by atoms with van der Waals surface area (Å²) in [5.41, 5.74) is -0.448. The molecule has 0 fully saturated rings. The third kappa shape index (κ3) is 3.27. The number of nitrogens with one attached hydrogen (secondary N) is 1. The lowest BCUT2D eigenvalue weighted by atomic mass is 10.1. The van der Waals surface area contributed by atoms with Gasteiger partial charge >= 0.3 is 0 Å². The number of anilines is 1. The molecule has 0 bridgehead atoms. The van der Waals surface area contributed by atoms with Crippen molar-refractivity contribution in [2.24, 2.45) is 5.92 Å². The maximum Gasteiger partial charge on any atom is 0.292 e. The van der Waals surface area contributed by atoms with Crippen molar-refractivity contribution in [3.8, 4) is 5.69 Å². The molecule has 2 rings (SSSR count). The largest absolute Gasteiger partial charge is 0.380 e. The fourth-order valence-corrected chi connectivity index (χ4v) is 1.95. The van der Waals surface area contributed by atoms with E-state index in [4.69, 9.17) is 11.6 Å². The minimum atomic E-state index is -0.887. The Labute approximate surface area is 131 Å². The van der Waals surface area contributed by atoms with Gasteiger partial charge in [-0.2, -0.15) is 9.78 Å². The van der Waals surface area contributed by atoms with Gasteiger partial charge in [-0.15, -0.1) is 0 Å². The zero-order valence-corrected chi connectivity index (χ0v) is 13.2. The van der Waals surface area contributed by atoms with E-state index in [1.54, 1.807) is 0 Å². The molecule has 1 N–H and O–H groups in total. The van der Waals surface area contributed by atoms with Crippen LogP contribution in [0.15, 0.2) is 29.2 Å². The average Bonchev–Trinajstić information content (AvgIpc) is 2.45. The number of hydrogen-bond donors (Lipinski definition) is 1. The molecule has 22 heavy (non-hydrogen) atoms. The lowest BCUT2D eigenvalue weighted by Gasteiger charge is -2.19. The molecule has 0 aliphatic rings. The Morgan fingerprint density at radius 3 is 2.55 bits per heavy atom. The van der Waals surface area contributed by atoms with Crippen molar-refractivity contribution in [3.05, 3.63) is 51.4 Å². The van der Waals surface area contributed by atoms with Gasteiger partial charge in [0, 0.05) is 12.1 Å². The van der Waals surface area contributed by atoms with Crippen molar-refractivity contribution in [1.29, 1.82) is 0 Å². The zero-order valence-electron chi connectivity index (χ0n) is 12.4. The number of nitrogens with zero attached hydrogens (tertiary/aromatic N) is 2. The minimum Gasteiger partial charge on any atom is -0.380 e. The number of hydrogen-bond acceptors (Lipinski definition) is 3. The highest BCUT2D eigenvalue weighted by Crippen LogP contribution is 2.20. The first kappa shape index (κ1) is 16.4. The average molecular weight is 328 g/mol. The number of benzene rings is 1. The van der Waals surface area contributed by atoms with Crippen molar-refractivity contribution in [3.63, 3.8) is 0 Å². The zero-order chi connectivity index (χ0) is 16.4. The van der Waals surface area contributed by atoms with Crippen LogP contribution in [-0.4, -0.2) is 15.8 Å². The van der Waals surface area contributed by atoms with E-state index >= 15 is 0 Å². The van der Waals surface area contributed by atoms with Crippen LogP contribution in [-0.2, 0) is 0 Å². The molecule has 1 heterocycles. The van der Waals surface area contributed by atoms with Crippen LogP contribution in [0.4, 0.5) is 14.5 Å². The third-order valence-electron chi connectivity index (χ3n) is 3.44. The first-order valence-electron chi connectivity index (χ1n) is 6.81. The van der Waals surface area contributed by atoms with Crippen molar-refractivity contribution in [1.82, 2.24) is 9.78 Å². The molecule has 1 aromatic carbocycles. The van der Waals surface area contributed by atoms with Crippen molar-refractivity contribution < 1.29 is 8.78 Å². The normalized spacial score (nSPS) is 12.5. The van der Waals surface area contributed by atoms with Crippen molar-refractivity contribution in [2.75, 3.05) is 5.32 Å². The summed E-state index contributed by atoms with van der Waals surface area (Å²) in [4.78, 5) is 12.2. The van der Waals surface area contributed by atoms with Crippen LogP contribution in [0.3, 0.4) is 0 Å². The summed E-state index contributed by atoms with van der Waals surface area (Å²) in [6.45, 7) is 5.99. The third-order valence-corrected chi connectivity index (χ3v) is 3.81. The Kier molecular flexibility index (Phi) is 4.81. The quantitative estimate of drug-likeness (QED) is 0.933. The highest BCUT2D eigenvalue weighted by molar-refractivity contribution is 6.32. The molecule has 4 nitrogen and oxygen atoms in total. The lowest BCUT2D eigenvalue weighted by Crippen LogP contribution is -2.27. The molecule has 0 saturated carbocycles. The topological polar surface area (TPSA) is 46.9 Å². The summed E-state index contributed by atoms with van der Waals surface area (Å²) in [5.74, 6) is -1.29. The van der Waals surface area contributed by atoms with Crippen LogP contribution in [0.1, 0.15) is 20.8 Å². The van der Waals surface area contributed by atoms with E-state index in [2.05, 4.69) is 10.4 Å². The summed E-state index contributed by atoms with van der Waals surface area (Å²) in [6, 6.07) is 2.95. The predicted molar refractivity (Wildman–Crippen MR) is 82.7 cm³/mol. The fraction of sp³-hybridized carbons (Fsp3) is 0.333. The molecule has 7 heteroatoms. The van der Waals surface area contributed by atoms with Crippen LogP contribution >= 0.6 is 11.6 Å². The minimum absolute atomic E-state index is 0.0807. The van der Waals surface area contributed by atoms with Gasteiger partial charge in [0.15, 0.2) is 5.82 Å². The number of rotatable bonds is 4. The molecular weight excluding hydrogens is 312 g/mol. The Morgan fingerprint density at radius 1 is 1.27 bits per heavy atom. The Balaban J connectivity index is 2.45. The molecule has 1 atom stereocenters. The molecule has 0 radical (unpaired) electrons. The van der Waals surface area contributed by atoms with Gasteiger partial charge in [0.2, 0.25) is 0 Å². The van der Waals surface area contributed by atoms with Crippen LogP contribution in [0.2, 0.25) is 5.02 Å². The van der Waals surface area contributed by atoms with E-state index in [1.807, 2.05) is 20.8 Å². The van der Waals surface area contributed by atoms with E-state index < -0.39 is 17.2 Å². The Hall–Kier alpha value is -1.95. The predicted octanol–water partition coefficient (Wildman–Crippen LogP) is 3.62. The summed E-state index contributed by atoms with van der Waals surface area (Å²) in [6.07, 6.45) is 1.35. The van der Waals surface area contributed by atoms with Gasteiger partial charge in [0.25, 0.3) is 5.56 Å². The van der Waals surface area contributed by atoms with Crippen LogP contribution in [0.5, 0.6) is 0 Å². The van der Waals surface area contributed by atoms with Crippen LogP contribution < -0.4 is 10.9 Å². The highest BCUT2D eigenvalue weighted by atomic mass is 35.5. The fourth-order valence-electron chi connectivity index (χ4n) is 1.77. The molecule has 0 saturated heterocycles. The van der Waals surface area contributed by atoms with Gasteiger partial charge in [0.05, 0.1) is 11.9 Å². The standard InChI is InChI=1S/C15H16ClF2N3O/c1-8(2)9(3)20-12-7-19-21(15(22)14(12)16)13-5-4-10(17)6-11(13)18/h4-9,20H,1-3H3. The van der Waals surface area contributed by atoms with Gasteiger partial charge < -0.3 is 5.32 Å². The van der Waals surface area contributed by atoms with E-state index in [-0.39, 0.29) is 16.8 Å². The maximum atomic E-state index is 13.8. The molecule has 0 aliphatic carbocycles. The van der Waals surface area contributed by atoms with Gasteiger partial charge in [-0.05, 0) is 25.0 Å². The second kappa shape index (κ2) is 6.44. The first-order chi connectivity index (χ1) is 10.3. The van der Waals surface area contributed by atoms with Gasteiger partial charge in [-0.25, -0.2) is 8.78 Å².